The molecular weight excluding hydrogens is 491 g/mol. The van der Waals surface area contributed by atoms with Crippen molar-refractivity contribution in [3.05, 3.63) is 65.5 Å². The topological polar surface area (TPSA) is 99.3 Å². The zero-order valence-electron chi connectivity index (χ0n) is 22.1. The number of amides is 5. The van der Waals surface area contributed by atoms with Gasteiger partial charge in [-0.3, -0.25) is 24.2 Å². The summed E-state index contributed by atoms with van der Waals surface area (Å²) in [5.41, 5.74) is 0.174. The number of rotatable bonds is 7. The predicted octanol–water partition coefficient (Wildman–Crippen LogP) is 2.98. The molecule has 10 heteroatoms. The van der Waals surface area contributed by atoms with Crippen LogP contribution in [0.3, 0.4) is 0 Å². The van der Waals surface area contributed by atoms with Gasteiger partial charge in [-0.1, -0.05) is 31.2 Å². The monoisotopic (exact) mass is 524 g/mol. The van der Waals surface area contributed by atoms with E-state index in [9.17, 15) is 23.6 Å². The lowest BCUT2D eigenvalue weighted by molar-refractivity contribution is -0.141. The number of urea groups is 1. The SMILES string of the molecule is CCc1ccc(F)c(C(=O)NC(C(=O)N2CCC3(CC2)C(=O)N(C)C(=O)N3c2ccccc2)[C@H](C)OC)c1. The van der Waals surface area contributed by atoms with E-state index in [2.05, 4.69) is 5.32 Å². The lowest BCUT2D eigenvalue weighted by atomic mass is 9.85. The van der Waals surface area contributed by atoms with Gasteiger partial charge in [0.2, 0.25) is 5.91 Å². The molecule has 2 fully saturated rings. The van der Waals surface area contributed by atoms with Crippen LogP contribution in [0.25, 0.3) is 0 Å². The van der Waals surface area contributed by atoms with Gasteiger partial charge < -0.3 is 15.0 Å². The standard InChI is InChI=1S/C28H33FN4O5/c1-5-19-11-12-22(29)21(17-19)24(34)30-23(18(2)38-4)25(35)32-15-13-28(14-16-32)26(36)31(3)27(37)33(28)20-9-7-6-8-10-20/h6-12,17-18,23H,5,13-16H2,1-4H3,(H,30,34)/t18-,23?/m0/s1. The molecule has 1 spiro atoms. The molecule has 0 aliphatic carbocycles. The minimum absolute atomic E-state index is 0.139. The number of hydrogen-bond donors (Lipinski definition) is 1. The second-order valence-electron chi connectivity index (χ2n) is 9.73. The third-order valence-electron chi connectivity index (χ3n) is 7.60. The van der Waals surface area contributed by atoms with Crippen LogP contribution in [0.1, 0.15) is 42.6 Å². The van der Waals surface area contributed by atoms with E-state index in [-0.39, 0.29) is 37.4 Å². The summed E-state index contributed by atoms with van der Waals surface area (Å²) in [7, 11) is 2.89. The summed E-state index contributed by atoms with van der Waals surface area (Å²) in [6, 6.07) is 11.8. The average Bonchev–Trinajstić information content (AvgIpc) is 3.12. The van der Waals surface area contributed by atoms with Crippen LogP contribution in [0, 0.1) is 5.82 Å². The van der Waals surface area contributed by atoms with Crippen molar-refractivity contribution in [2.45, 2.75) is 50.8 Å². The Kier molecular flexibility index (Phi) is 7.82. The van der Waals surface area contributed by atoms with Gasteiger partial charge in [-0.05, 0) is 56.0 Å². The van der Waals surface area contributed by atoms with Crippen molar-refractivity contribution in [3.63, 3.8) is 0 Å². The predicted molar refractivity (Wildman–Crippen MR) is 139 cm³/mol. The van der Waals surface area contributed by atoms with Crippen molar-refractivity contribution < 1.29 is 28.3 Å². The largest absolute Gasteiger partial charge is 0.379 e. The second-order valence-corrected chi connectivity index (χ2v) is 9.73. The van der Waals surface area contributed by atoms with Gasteiger partial charge >= 0.3 is 6.03 Å². The van der Waals surface area contributed by atoms with Crippen molar-refractivity contribution in [2.75, 3.05) is 32.1 Å². The molecule has 9 nitrogen and oxygen atoms in total. The number of nitrogens with zero attached hydrogens (tertiary/aromatic N) is 3. The van der Waals surface area contributed by atoms with E-state index in [0.29, 0.717) is 12.1 Å². The molecule has 0 bridgehead atoms. The molecule has 5 amide bonds. The average molecular weight is 525 g/mol. The van der Waals surface area contributed by atoms with E-state index in [1.165, 1.54) is 31.2 Å². The van der Waals surface area contributed by atoms with E-state index in [0.717, 1.165) is 10.5 Å². The van der Waals surface area contributed by atoms with Crippen LogP contribution in [0.5, 0.6) is 0 Å². The Bertz CT molecular complexity index is 1230. The van der Waals surface area contributed by atoms with Crippen LogP contribution >= 0.6 is 0 Å². The Labute approximate surface area is 221 Å². The van der Waals surface area contributed by atoms with E-state index < -0.39 is 41.3 Å². The molecular formula is C28H33FN4O5. The molecule has 2 aliphatic heterocycles. The van der Waals surface area contributed by atoms with Gasteiger partial charge in [0, 0.05) is 32.9 Å². The number of methoxy groups -OCH3 is 1. The third-order valence-corrected chi connectivity index (χ3v) is 7.60. The fraction of sp³-hybridized carbons (Fsp3) is 0.429. The lowest BCUT2D eigenvalue weighted by Gasteiger charge is -2.43. The first-order valence-electron chi connectivity index (χ1n) is 12.7. The number of hydrogen-bond acceptors (Lipinski definition) is 5. The normalized spacial score (nSPS) is 18.6. The van der Waals surface area contributed by atoms with Gasteiger partial charge in [-0.25, -0.2) is 9.18 Å². The van der Waals surface area contributed by atoms with Crippen molar-refractivity contribution in [1.82, 2.24) is 15.1 Å². The number of benzene rings is 2. The molecule has 0 saturated carbocycles. The molecule has 202 valence electrons. The first-order valence-corrected chi connectivity index (χ1v) is 12.7. The Hall–Kier alpha value is -3.79. The van der Waals surface area contributed by atoms with E-state index in [1.54, 1.807) is 42.2 Å². The molecule has 38 heavy (non-hydrogen) atoms. The molecule has 2 atom stereocenters. The zero-order chi connectivity index (χ0) is 27.6. The summed E-state index contributed by atoms with van der Waals surface area (Å²) >= 11 is 0. The van der Waals surface area contributed by atoms with Crippen LogP contribution in [-0.2, 0) is 20.7 Å². The van der Waals surface area contributed by atoms with Crippen LogP contribution in [0.15, 0.2) is 48.5 Å². The molecule has 2 aromatic rings. The highest BCUT2D eigenvalue weighted by Gasteiger charge is 2.58. The number of anilines is 1. The van der Waals surface area contributed by atoms with Crippen LogP contribution in [0.2, 0.25) is 0 Å². The number of likely N-dealkylation sites (N-methyl/N-ethyl adjacent to an activating group) is 1. The maximum Gasteiger partial charge on any atom is 0.331 e. The van der Waals surface area contributed by atoms with Crippen molar-refractivity contribution in [3.8, 4) is 0 Å². The van der Waals surface area contributed by atoms with Gasteiger partial charge in [0.1, 0.15) is 17.4 Å². The van der Waals surface area contributed by atoms with Gasteiger partial charge in [0.15, 0.2) is 0 Å². The molecule has 1 N–H and O–H groups in total. The molecule has 4 rings (SSSR count). The number of piperidine rings is 1. The maximum atomic E-state index is 14.4. The summed E-state index contributed by atoms with van der Waals surface area (Å²) in [5.74, 6) is -2.08. The summed E-state index contributed by atoms with van der Waals surface area (Å²) < 4.78 is 19.8. The van der Waals surface area contributed by atoms with Crippen LogP contribution in [0.4, 0.5) is 14.9 Å². The number of para-hydroxylation sites is 1. The maximum absolute atomic E-state index is 14.4. The van der Waals surface area contributed by atoms with Crippen molar-refractivity contribution in [2.24, 2.45) is 0 Å². The Balaban J connectivity index is 1.54. The van der Waals surface area contributed by atoms with Crippen molar-refractivity contribution in [1.29, 1.82) is 0 Å². The number of imide groups is 1. The number of aryl methyl sites for hydroxylation is 1. The highest BCUT2D eigenvalue weighted by molar-refractivity contribution is 6.16. The fourth-order valence-electron chi connectivity index (χ4n) is 5.19. The molecule has 2 heterocycles. The molecule has 2 aliphatic rings. The van der Waals surface area contributed by atoms with E-state index in [4.69, 9.17) is 4.74 Å². The third kappa shape index (κ3) is 4.76. The number of likely N-dealkylation sites (tertiary alicyclic amines) is 1. The number of carbonyl (C=O) groups is 4. The van der Waals surface area contributed by atoms with E-state index in [1.807, 2.05) is 13.0 Å². The van der Waals surface area contributed by atoms with E-state index >= 15 is 0 Å². The summed E-state index contributed by atoms with van der Waals surface area (Å²) in [4.78, 5) is 57.1. The Morgan fingerprint density at radius 1 is 1.11 bits per heavy atom. The van der Waals surface area contributed by atoms with Gasteiger partial charge in [-0.2, -0.15) is 0 Å². The smallest absolute Gasteiger partial charge is 0.331 e. The van der Waals surface area contributed by atoms with Gasteiger partial charge in [0.05, 0.1) is 11.7 Å². The van der Waals surface area contributed by atoms with Crippen LogP contribution < -0.4 is 10.2 Å². The quantitative estimate of drug-likeness (QED) is 0.562. The number of nitrogens with one attached hydrogen (secondary N) is 1. The fourth-order valence-corrected chi connectivity index (χ4v) is 5.19. The first kappa shape index (κ1) is 27.3. The molecule has 2 aromatic carbocycles. The number of carbonyl (C=O) groups excluding carboxylic acids is 4. The van der Waals surface area contributed by atoms with Crippen LogP contribution in [-0.4, -0.2) is 78.5 Å². The molecule has 2 saturated heterocycles. The Morgan fingerprint density at radius 3 is 2.37 bits per heavy atom. The number of halogens is 1. The second kappa shape index (κ2) is 10.9. The molecule has 0 radical (unpaired) electrons. The molecule has 1 unspecified atom stereocenters. The van der Waals surface area contributed by atoms with Gasteiger partial charge in [-0.15, -0.1) is 0 Å². The zero-order valence-corrected chi connectivity index (χ0v) is 22.1. The Morgan fingerprint density at radius 2 is 1.76 bits per heavy atom. The number of ether oxygens (including phenoxy) is 1. The lowest BCUT2D eigenvalue weighted by Crippen LogP contribution is -2.61. The highest BCUT2D eigenvalue weighted by Crippen LogP contribution is 2.40. The van der Waals surface area contributed by atoms with Crippen molar-refractivity contribution >= 4 is 29.4 Å². The minimum atomic E-state index is -1.10. The summed E-state index contributed by atoms with van der Waals surface area (Å²) in [6.07, 6.45) is 0.403. The minimum Gasteiger partial charge on any atom is -0.379 e. The summed E-state index contributed by atoms with van der Waals surface area (Å²) in [5, 5.41) is 2.66. The first-order chi connectivity index (χ1) is 18.1. The van der Waals surface area contributed by atoms with Gasteiger partial charge in [0.25, 0.3) is 11.8 Å². The summed E-state index contributed by atoms with van der Waals surface area (Å²) in [6.45, 7) is 3.93. The molecule has 0 aromatic heterocycles. The highest BCUT2D eigenvalue weighted by atomic mass is 19.1.